The topological polar surface area (TPSA) is 41.4 Å². The van der Waals surface area contributed by atoms with Gasteiger partial charge < -0.3 is 9.80 Å². The average Bonchev–Trinajstić information content (AvgIpc) is 3.05. The van der Waals surface area contributed by atoms with Gasteiger partial charge in [0.2, 0.25) is 0 Å². The predicted molar refractivity (Wildman–Crippen MR) is 87.4 cm³/mol. The van der Waals surface area contributed by atoms with Crippen LogP contribution in [0.1, 0.15) is 29.5 Å². The van der Waals surface area contributed by atoms with Crippen LogP contribution < -0.4 is 4.90 Å². The minimum absolute atomic E-state index is 0.0238. The van der Waals surface area contributed by atoms with Gasteiger partial charge in [-0.25, -0.2) is 4.68 Å². The van der Waals surface area contributed by atoms with Gasteiger partial charge in [0.1, 0.15) is 0 Å². The number of aromatic nitrogens is 2. The number of hydrogen-bond acceptors (Lipinski definition) is 3. The van der Waals surface area contributed by atoms with E-state index in [4.69, 9.17) is 0 Å². The number of halogens is 2. The SMILES string of the molecule is Cc1ccc(N2CCN(C(=O)c3ccn(C(F)F)n3)[C@@H](C)C2)cc1. The van der Waals surface area contributed by atoms with Gasteiger partial charge in [-0.05, 0) is 32.0 Å². The lowest BCUT2D eigenvalue weighted by Gasteiger charge is -2.40. The minimum Gasteiger partial charge on any atom is -0.368 e. The summed E-state index contributed by atoms with van der Waals surface area (Å²) in [5, 5.41) is 3.67. The molecule has 2 heterocycles. The Kier molecular flexibility index (Phi) is 4.51. The van der Waals surface area contributed by atoms with E-state index in [1.165, 1.54) is 11.6 Å². The normalized spacial score (nSPS) is 18.3. The van der Waals surface area contributed by atoms with Gasteiger partial charge in [-0.3, -0.25) is 4.79 Å². The smallest absolute Gasteiger partial charge is 0.333 e. The second kappa shape index (κ2) is 6.59. The van der Waals surface area contributed by atoms with Crippen molar-refractivity contribution in [3.05, 3.63) is 47.8 Å². The highest BCUT2D eigenvalue weighted by Crippen LogP contribution is 2.21. The molecule has 1 amide bonds. The van der Waals surface area contributed by atoms with Crippen molar-refractivity contribution in [2.75, 3.05) is 24.5 Å². The van der Waals surface area contributed by atoms with Crippen molar-refractivity contribution >= 4 is 11.6 Å². The maximum absolute atomic E-state index is 12.6. The summed E-state index contributed by atoms with van der Waals surface area (Å²) in [5.74, 6) is -0.301. The molecule has 1 fully saturated rings. The van der Waals surface area contributed by atoms with Crippen LogP contribution in [-0.2, 0) is 0 Å². The number of aryl methyl sites for hydroxylation is 1. The van der Waals surface area contributed by atoms with Crippen LogP contribution in [0.25, 0.3) is 0 Å². The first-order chi connectivity index (χ1) is 11.5. The van der Waals surface area contributed by atoms with Crippen LogP contribution in [0, 0.1) is 6.92 Å². The highest BCUT2D eigenvalue weighted by atomic mass is 19.3. The first-order valence-electron chi connectivity index (χ1n) is 7.91. The molecule has 1 aliphatic heterocycles. The summed E-state index contributed by atoms with van der Waals surface area (Å²) >= 11 is 0. The number of amides is 1. The summed E-state index contributed by atoms with van der Waals surface area (Å²) in [6.45, 7) is 3.21. The van der Waals surface area contributed by atoms with Crippen molar-refractivity contribution < 1.29 is 13.6 Å². The summed E-state index contributed by atoms with van der Waals surface area (Å²) in [5.41, 5.74) is 2.39. The molecule has 0 unspecified atom stereocenters. The third kappa shape index (κ3) is 3.25. The fraction of sp³-hybridized carbons (Fsp3) is 0.412. The van der Waals surface area contributed by atoms with E-state index in [0.29, 0.717) is 24.3 Å². The van der Waals surface area contributed by atoms with E-state index < -0.39 is 6.55 Å². The van der Waals surface area contributed by atoms with Gasteiger partial charge in [-0.1, -0.05) is 17.7 Å². The Labute approximate surface area is 139 Å². The molecule has 0 saturated carbocycles. The number of rotatable bonds is 3. The fourth-order valence-corrected chi connectivity index (χ4v) is 2.96. The largest absolute Gasteiger partial charge is 0.368 e. The van der Waals surface area contributed by atoms with Gasteiger partial charge in [-0.15, -0.1) is 0 Å². The summed E-state index contributed by atoms with van der Waals surface area (Å²) in [6.07, 6.45) is 1.13. The van der Waals surface area contributed by atoms with Crippen LogP contribution in [0.3, 0.4) is 0 Å². The Morgan fingerprint density at radius 1 is 1.21 bits per heavy atom. The van der Waals surface area contributed by atoms with E-state index in [2.05, 4.69) is 34.3 Å². The van der Waals surface area contributed by atoms with Crippen LogP contribution in [0.5, 0.6) is 0 Å². The monoisotopic (exact) mass is 334 g/mol. The Morgan fingerprint density at radius 2 is 1.92 bits per heavy atom. The Morgan fingerprint density at radius 3 is 2.50 bits per heavy atom. The minimum atomic E-state index is -2.73. The summed E-state index contributed by atoms with van der Waals surface area (Å²) in [4.78, 5) is 16.4. The summed E-state index contributed by atoms with van der Waals surface area (Å²) in [6, 6.07) is 9.59. The number of hydrogen-bond donors (Lipinski definition) is 0. The molecular weight excluding hydrogens is 314 g/mol. The van der Waals surface area contributed by atoms with Gasteiger partial charge in [0.05, 0.1) is 0 Å². The van der Waals surface area contributed by atoms with E-state index in [9.17, 15) is 13.6 Å². The standard InChI is InChI=1S/C17H20F2N4O/c1-12-3-5-14(6-4-12)21-9-10-22(13(2)11-21)16(24)15-7-8-23(20-15)17(18)19/h3-8,13,17H,9-11H2,1-2H3/t13-/m0/s1. The molecule has 2 aromatic rings. The quantitative estimate of drug-likeness (QED) is 0.867. The molecule has 1 aliphatic rings. The molecular formula is C17H20F2N4O. The zero-order valence-electron chi connectivity index (χ0n) is 13.7. The van der Waals surface area contributed by atoms with E-state index in [-0.39, 0.29) is 17.6 Å². The third-order valence-corrected chi connectivity index (χ3v) is 4.31. The van der Waals surface area contributed by atoms with Crippen LogP contribution in [0.2, 0.25) is 0 Å². The lowest BCUT2D eigenvalue weighted by atomic mass is 10.1. The molecule has 0 radical (unpaired) electrons. The number of anilines is 1. The second-order valence-electron chi connectivity index (χ2n) is 6.09. The number of carbonyl (C=O) groups excluding carboxylic acids is 1. The lowest BCUT2D eigenvalue weighted by Crippen LogP contribution is -2.54. The molecule has 128 valence electrons. The summed E-state index contributed by atoms with van der Waals surface area (Å²) < 4.78 is 25.7. The van der Waals surface area contributed by atoms with Crippen molar-refractivity contribution in [3.8, 4) is 0 Å². The van der Waals surface area contributed by atoms with Crippen LogP contribution >= 0.6 is 0 Å². The lowest BCUT2D eigenvalue weighted by molar-refractivity contribution is 0.0542. The van der Waals surface area contributed by atoms with E-state index in [1.807, 2.05) is 13.8 Å². The highest BCUT2D eigenvalue weighted by Gasteiger charge is 2.29. The van der Waals surface area contributed by atoms with Crippen molar-refractivity contribution in [3.63, 3.8) is 0 Å². The number of piperazine rings is 1. The molecule has 0 N–H and O–H groups in total. The highest BCUT2D eigenvalue weighted by molar-refractivity contribution is 5.92. The molecule has 24 heavy (non-hydrogen) atoms. The van der Waals surface area contributed by atoms with Crippen molar-refractivity contribution in [2.24, 2.45) is 0 Å². The molecule has 0 aliphatic carbocycles. The molecule has 0 spiro atoms. The Hall–Kier alpha value is -2.44. The first-order valence-corrected chi connectivity index (χ1v) is 7.91. The Balaban J connectivity index is 1.68. The molecule has 5 nitrogen and oxygen atoms in total. The fourth-order valence-electron chi connectivity index (χ4n) is 2.96. The average molecular weight is 334 g/mol. The van der Waals surface area contributed by atoms with Gasteiger partial charge >= 0.3 is 6.55 Å². The van der Waals surface area contributed by atoms with Crippen molar-refractivity contribution in [2.45, 2.75) is 26.4 Å². The summed E-state index contributed by atoms with van der Waals surface area (Å²) in [7, 11) is 0. The van der Waals surface area contributed by atoms with Crippen molar-refractivity contribution in [1.82, 2.24) is 14.7 Å². The van der Waals surface area contributed by atoms with Crippen molar-refractivity contribution in [1.29, 1.82) is 0 Å². The maximum Gasteiger partial charge on any atom is 0.333 e. The molecule has 0 bridgehead atoms. The van der Waals surface area contributed by atoms with Gasteiger partial charge in [0.25, 0.3) is 5.91 Å². The number of carbonyl (C=O) groups is 1. The van der Waals surface area contributed by atoms with E-state index >= 15 is 0 Å². The molecule has 1 atom stereocenters. The number of benzene rings is 1. The molecule has 1 saturated heterocycles. The van der Waals surface area contributed by atoms with E-state index in [1.54, 1.807) is 4.90 Å². The molecule has 7 heteroatoms. The third-order valence-electron chi connectivity index (χ3n) is 4.31. The van der Waals surface area contributed by atoms with Gasteiger partial charge in [-0.2, -0.15) is 13.9 Å². The first kappa shape index (κ1) is 16.4. The predicted octanol–water partition coefficient (Wildman–Crippen LogP) is 2.94. The number of nitrogens with zero attached hydrogens (tertiary/aromatic N) is 4. The van der Waals surface area contributed by atoms with Crippen LogP contribution in [-0.4, -0.2) is 46.3 Å². The molecule has 1 aromatic heterocycles. The Bertz CT molecular complexity index is 714. The molecule has 3 rings (SSSR count). The zero-order chi connectivity index (χ0) is 17.3. The second-order valence-corrected chi connectivity index (χ2v) is 6.09. The van der Waals surface area contributed by atoms with Crippen LogP contribution in [0.15, 0.2) is 36.5 Å². The number of alkyl halides is 2. The maximum atomic E-state index is 12.6. The van der Waals surface area contributed by atoms with E-state index in [0.717, 1.165) is 11.9 Å². The zero-order valence-corrected chi connectivity index (χ0v) is 13.7. The van der Waals surface area contributed by atoms with Gasteiger partial charge in [0, 0.05) is 37.6 Å². The molecule has 1 aromatic carbocycles. The van der Waals surface area contributed by atoms with Gasteiger partial charge in [0.15, 0.2) is 5.69 Å². The van der Waals surface area contributed by atoms with Crippen LogP contribution in [0.4, 0.5) is 14.5 Å².